The number of nitriles is 1. The van der Waals surface area contributed by atoms with Crippen molar-refractivity contribution in [2.45, 2.75) is 52.6 Å². The molecule has 9 nitrogen and oxygen atoms in total. The topological polar surface area (TPSA) is 117 Å². The van der Waals surface area contributed by atoms with Crippen LogP contribution in [0.5, 0.6) is 0 Å². The lowest BCUT2D eigenvalue weighted by molar-refractivity contribution is 0.443. The Kier molecular flexibility index (Phi) is 6.70. The van der Waals surface area contributed by atoms with Gasteiger partial charge in [-0.1, -0.05) is 38.1 Å². The second-order valence-electron chi connectivity index (χ2n) is 11.8. The van der Waals surface area contributed by atoms with Crippen LogP contribution >= 0.6 is 0 Å². The smallest absolute Gasteiger partial charge is 0.125 e. The lowest BCUT2D eigenvalue weighted by Gasteiger charge is -2.23. The van der Waals surface area contributed by atoms with E-state index in [2.05, 4.69) is 62.7 Å². The zero-order valence-electron chi connectivity index (χ0n) is 25.0. The minimum Gasteiger partial charge on any atom is -0.383 e. The molecule has 5 aromatic rings. The van der Waals surface area contributed by atoms with Crippen molar-refractivity contribution in [3.63, 3.8) is 0 Å². The van der Waals surface area contributed by atoms with Crippen LogP contribution in [0.15, 0.2) is 61.2 Å². The van der Waals surface area contributed by atoms with Crippen molar-refractivity contribution in [3.8, 4) is 17.2 Å². The van der Waals surface area contributed by atoms with Crippen LogP contribution < -0.4 is 10.6 Å². The fraction of sp³-hybridized carbons (Fsp3) is 0.312. The highest BCUT2D eigenvalue weighted by Crippen LogP contribution is 2.39. The molecular weight excluding hydrogens is 529 g/mol. The van der Waals surface area contributed by atoms with Gasteiger partial charge >= 0.3 is 0 Å². The predicted octanol–water partition coefficient (Wildman–Crippen LogP) is 6.60. The van der Waals surface area contributed by atoms with Crippen LogP contribution in [-0.4, -0.2) is 36.5 Å². The molecule has 0 saturated heterocycles. The summed E-state index contributed by atoms with van der Waals surface area (Å²) < 4.78 is 25.5. The molecule has 1 aliphatic rings. The van der Waals surface area contributed by atoms with Crippen molar-refractivity contribution in [2.24, 2.45) is 5.41 Å². The van der Waals surface area contributed by atoms with Crippen LogP contribution in [0.2, 0.25) is 0 Å². The molecule has 1 aliphatic carbocycles. The summed E-state index contributed by atoms with van der Waals surface area (Å²) in [4.78, 5) is 13.5. The summed E-state index contributed by atoms with van der Waals surface area (Å²) in [6.45, 7) is 8.78. The van der Waals surface area contributed by atoms with Gasteiger partial charge in [0.1, 0.15) is 23.4 Å². The van der Waals surface area contributed by atoms with Crippen molar-refractivity contribution in [2.75, 3.05) is 17.2 Å². The van der Waals surface area contributed by atoms with Crippen molar-refractivity contribution < 1.29 is 5.76 Å². The molecule has 2 aromatic carbocycles. The van der Waals surface area contributed by atoms with E-state index in [1.807, 2.05) is 19.1 Å². The summed E-state index contributed by atoms with van der Waals surface area (Å²) >= 11 is 0. The zero-order valence-corrected chi connectivity index (χ0v) is 24.0. The van der Waals surface area contributed by atoms with Crippen LogP contribution in [0.3, 0.4) is 0 Å². The van der Waals surface area contributed by atoms with Crippen LogP contribution in [0.1, 0.15) is 69.7 Å². The number of halogens is 1. The van der Waals surface area contributed by atoms with E-state index in [0.717, 1.165) is 24.0 Å². The second kappa shape index (κ2) is 10.8. The molecular formula is C32H32FN9. The number of pyridine rings is 1. The maximum Gasteiger partial charge on any atom is 0.125 e. The summed E-state index contributed by atoms with van der Waals surface area (Å²) in [6.07, 6.45) is 8.85. The highest BCUT2D eigenvalue weighted by molar-refractivity contribution is 6.04. The van der Waals surface area contributed by atoms with E-state index in [9.17, 15) is 11.0 Å². The molecule has 6 rings (SSSR count). The first kappa shape index (κ1) is 26.0. The summed E-state index contributed by atoms with van der Waals surface area (Å²) in [5.74, 6) is 0.236. The van der Waals surface area contributed by atoms with Gasteiger partial charge in [0, 0.05) is 47.3 Å². The monoisotopic (exact) mass is 562 g/mol. The number of hydrogen-bond acceptors (Lipinski definition) is 8. The summed E-state index contributed by atoms with van der Waals surface area (Å²) in [6, 6.07) is 10.5. The largest absolute Gasteiger partial charge is 0.383 e. The van der Waals surface area contributed by atoms with E-state index >= 15 is 0 Å². The Balaban J connectivity index is 1.55. The number of benzene rings is 2. The van der Waals surface area contributed by atoms with Gasteiger partial charge in [-0.15, -0.1) is 5.10 Å². The number of fused-ring (bicyclic) bond motifs is 1. The summed E-state index contributed by atoms with van der Waals surface area (Å²) in [5.41, 5.74) is 4.55. The minimum absolute atomic E-state index is 0.0574. The average Bonchev–Trinajstić information content (AvgIpc) is 3.71. The van der Waals surface area contributed by atoms with Crippen molar-refractivity contribution in [3.05, 3.63) is 89.6 Å². The summed E-state index contributed by atoms with van der Waals surface area (Å²) in [7, 11) is 0. The Morgan fingerprint density at radius 2 is 1.86 bits per heavy atom. The molecule has 212 valence electrons. The van der Waals surface area contributed by atoms with Crippen LogP contribution in [0.25, 0.3) is 22.0 Å². The van der Waals surface area contributed by atoms with Gasteiger partial charge in [-0.3, -0.25) is 4.98 Å². The first-order valence-corrected chi connectivity index (χ1v) is 13.9. The maximum absolute atomic E-state index is 14.0. The number of nitrogens with zero attached hydrogens (tertiary/aromatic N) is 7. The highest BCUT2D eigenvalue weighted by atomic mass is 19.1. The molecule has 0 radical (unpaired) electrons. The third-order valence-electron chi connectivity index (χ3n) is 7.07. The molecule has 1 saturated carbocycles. The molecule has 3 aromatic heterocycles. The Bertz CT molecular complexity index is 1840. The van der Waals surface area contributed by atoms with Crippen LogP contribution in [0.4, 0.5) is 15.8 Å². The zero-order chi connectivity index (χ0) is 30.4. The van der Waals surface area contributed by atoms with Gasteiger partial charge < -0.3 is 10.6 Å². The first-order valence-electron chi connectivity index (χ1n) is 14.4. The van der Waals surface area contributed by atoms with Gasteiger partial charge in [-0.2, -0.15) is 5.26 Å². The van der Waals surface area contributed by atoms with Crippen molar-refractivity contribution >= 4 is 22.3 Å². The lowest BCUT2D eigenvalue weighted by Crippen LogP contribution is -2.20. The molecule has 0 spiro atoms. The number of rotatable bonds is 8. The fourth-order valence-corrected chi connectivity index (χ4v) is 4.71. The molecule has 3 heterocycles. The average molecular weight is 563 g/mol. The third-order valence-corrected chi connectivity index (χ3v) is 7.07. The molecule has 0 bridgehead atoms. The molecule has 1 atom stereocenters. The highest BCUT2D eigenvalue weighted by Gasteiger charge is 2.27. The van der Waals surface area contributed by atoms with Crippen LogP contribution in [0, 0.1) is 29.5 Å². The van der Waals surface area contributed by atoms with Gasteiger partial charge in [-0.05, 0) is 55.0 Å². The molecule has 0 unspecified atom stereocenters. The normalized spacial score (nSPS) is 15.1. The number of nitrogens with one attached hydrogen (secondary N) is 2. The molecule has 10 heteroatoms. The van der Waals surface area contributed by atoms with E-state index in [1.165, 1.54) is 12.1 Å². The Hall–Kier alpha value is -4.91. The van der Waals surface area contributed by atoms with E-state index < -0.39 is 11.8 Å². The van der Waals surface area contributed by atoms with E-state index in [1.54, 1.807) is 41.6 Å². The standard InChI is InChI=1S/C32H32FN9/c1-19-35-15-22(16-36-19)26-11-24(12-27-29(38-18-32(2,3)4)21(13-34)14-37-31(26)27)39-30(20-5-7-23(33)8-6-20)28-17-42(41-40-28)25-9-10-25/h5-8,11-12,14-17,25,30,39H,9-10,18H2,1-4H3,(H,37,38)/t30-/m0/s1/i30D. The van der Waals surface area contributed by atoms with E-state index in [4.69, 9.17) is 0 Å². The Morgan fingerprint density at radius 3 is 2.52 bits per heavy atom. The number of anilines is 2. The van der Waals surface area contributed by atoms with Gasteiger partial charge in [0.05, 0.1) is 36.4 Å². The van der Waals surface area contributed by atoms with Crippen LogP contribution in [-0.2, 0) is 0 Å². The molecule has 0 amide bonds. The van der Waals surface area contributed by atoms with Gasteiger partial charge in [0.15, 0.2) is 0 Å². The molecule has 0 aliphatic heterocycles. The lowest BCUT2D eigenvalue weighted by atomic mass is 9.95. The Labute approximate surface area is 245 Å². The number of aromatic nitrogens is 6. The van der Waals surface area contributed by atoms with Crippen molar-refractivity contribution in [1.82, 2.24) is 29.9 Å². The predicted molar refractivity (Wildman–Crippen MR) is 160 cm³/mol. The SMILES string of the molecule is [2H][C@](Nc1cc(-c2cnc(C)nc2)c2ncc(C#N)c(NCC(C)(C)C)c2c1)(c1ccc(F)cc1)c1cn(C2CC2)nn1. The Morgan fingerprint density at radius 1 is 1.12 bits per heavy atom. The third kappa shape index (κ3) is 5.77. The van der Waals surface area contributed by atoms with Gasteiger partial charge in [0.2, 0.25) is 0 Å². The maximum atomic E-state index is 14.0. The number of hydrogen-bond donors (Lipinski definition) is 2. The fourth-order valence-electron chi connectivity index (χ4n) is 4.71. The quantitative estimate of drug-likeness (QED) is 0.217. The number of aryl methyl sites for hydroxylation is 1. The van der Waals surface area contributed by atoms with E-state index in [0.29, 0.717) is 51.5 Å². The second-order valence-corrected chi connectivity index (χ2v) is 11.8. The molecule has 2 N–H and O–H groups in total. The van der Waals surface area contributed by atoms with Crippen molar-refractivity contribution in [1.29, 1.82) is 5.26 Å². The van der Waals surface area contributed by atoms with E-state index in [-0.39, 0.29) is 11.5 Å². The molecule has 1 fully saturated rings. The van der Waals surface area contributed by atoms with Gasteiger partial charge in [0.25, 0.3) is 0 Å². The minimum atomic E-state index is -1.62. The van der Waals surface area contributed by atoms with Gasteiger partial charge in [-0.25, -0.2) is 19.0 Å². The summed E-state index contributed by atoms with van der Waals surface area (Å²) in [5, 5.41) is 26.2. The molecule has 42 heavy (non-hydrogen) atoms. The first-order chi connectivity index (χ1) is 20.5.